The minimum absolute atomic E-state index is 0.446. The smallest absolute Gasteiger partial charge is 0.180 e. The van der Waals surface area contributed by atoms with Crippen LogP contribution in [0.2, 0.25) is 0 Å². The van der Waals surface area contributed by atoms with Crippen LogP contribution < -0.4 is 15.0 Å². The molecule has 0 amide bonds. The van der Waals surface area contributed by atoms with E-state index in [1.54, 1.807) is 19.4 Å². The second-order valence-electron chi connectivity index (χ2n) is 7.38. The molecule has 0 saturated carbocycles. The summed E-state index contributed by atoms with van der Waals surface area (Å²) in [6.07, 6.45) is 4.05. The molecule has 0 saturated heterocycles. The standard InChI is InChI=1S/C20H30N6O2/c1-25(2)11-10-22-18(27)13-26(3)20-15-6-5-7-16(15)23-19(24-20)17-12-14(28-4)8-9-21-17/h8-9,12,18,22,27H,5-7,10-11,13H2,1-4H3. The van der Waals surface area contributed by atoms with Crippen LogP contribution in [0, 0.1) is 0 Å². The fourth-order valence-corrected chi connectivity index (χ4v) is 3.37. The van der Waals surface area contributed by atoms with Crippen LogP contribution in [0.1, 0.15) is 17.7 Å². The van der Waals surface area contributed by atoms with Gasteiger partial charge in [-0.15, -0.1) is 0 Å². The average Bonchev–Trinajstić information content (AvgIpc) is 3.15. The van der Waals surface area contributed by atoms with Crippen LogP contribution in [0.4, 0.5) is 5.82 Å². The van der Waals surface area contributed by atoms with Gasteiger partial charge in [-0.2, -0.15) is 0 Å². The van der Waals surface area contributed by atoms with Gasteiger partial charge in [0.25, 0.3) is 0 Å². The second-order valence-corrected chi connectivity index (χ2v) is 7.38. The number of pyridine rings is 1. The Morgan fingerprint density at radius 2 is 2.07 bits per heavy atom. The van der Waals surface area contributed by atoms with Gasteiger partial charge >= 0.3 is 0 Å². The molecule has 1 unspecified atom stereocenters. The molecule has 1 aliphatic rings. The number of rotatable bonds is 9. The number of methoxy groups -OCH3 is 1. The van der Waals surface area contributed by atoms with Crippen molar-refractivity contribution in [1.29, 1.82) is 0 Å². The van der Waals surface area contributed by atoms with Crippen molar-refractivity contribution < 1.29 is 9.84 Å². The van der Waals surface area contributed by atoms with Gasteiger partial charge in [-0.05, 0) is 39.4 Å². The normalized spacial score (nSPS) is 14.2. The predicted octanol–water partition coefficient (Wildman–Crippen LogP) is 0.942. The molecule has 1 atom stereocenters. The van der Waals surface area contributed by atoms with Crippen molar-refractivity contribution in [2.45, 2.75) is 25.5 Å². The lowest BCUT2D eigenvalue weighted by atomic mass is 10.2. The topological polar surface area (TPSA) is 86.6 Å². The Balaban J connectivity index is 1.81. The Hall–Kier alpha value is -2.29. The second kappa shape index (κ2) is 9.27. The summed E-state index contributed by atoms with van der Waals surface area (Å²) in [5.74, 6) is 2.19. The van der Waals surface area contributed by atoms with Crippen molar-refractivity contribution in [1.82, 2.24) is 25.2 Å². The Labute approximate surface area is 166 Å². The van der Waals surface area contributed by atoms with Gasteiger partial charge in [0, 0.05) is 43.7 Å². The lowest BCUT2D eigenvalue weighted by Gasteiger charge is -2.25. The van der Waals surface area contributed by atoms with Crippen LogP contribution in [0.3, 0.4) is 0 Å². The highest BCUT2D eigenvalue weighted by molar-refractivity contribution is 5.59. The molecule has 2 N–H and O–H groups in total. The molecule has 3 rings (SSSR count). The maximum absolute atomic E-state index is 10.4. The van der Waals surface area contributed by atoms with Crippen molar-refractivity contribution in [3.05, 3.63) is 29.6 Å². The quantitative estimate of drug-likeness (QED) is 0.616. The number of aromatic nitrogens is 3. The summed E-state index contributed by atoms with van der Waals surface area (Å²) in [5.41, 5.74) is 2.94. The fraction of sp³-hybridized carbons (Fsp3) is 0.550. The van der Waals surface area contributed by atoms with E-state index in [0.29, 0.717) is 18.1 Å². The van der Waals surface area contributed by atoms with Crippen molar-refractivity contribution in [3.63, 3.8) is 0 Å². The van der Waals surface area contributed by atoms with E-state index in [-0.39, 0.29) is 0 Å². The zero-order valence-corrected chi connectivity index (χ0v) is 17.1. The number of aryl methyl sites for hydroxylation is 1. The van der Waals surface area contributed by atoms with Crippen molar-refractivity contribution in [2.75, 3.05) is 52.8 Å². The largest absolute Gasteiger partial charge is 0.497 e. The van der Waals surface area contributed by atoms with Gasteiger partial charge < -0.3 is 19.6 Å². The molecule has 2 heterocycles. The molecule has 0 aromatic carbocycles. The first-order chi connectivity index (χ1) is 13.5. The Kier molecular flexibility index (Phi) is 6.77. The molecular weight excluding hydrogens is 356 g/mol. The molecule has 0 radical (unpaired) electrons. The summed E-state index contributed by atoms with van der Waals surface area (Å²) in [7, 11) is 7.62. The van der Waals surface area contributed by atoms with Gasteiger partial charge in [-0.1, -0.05) is 0 Å². The Morgan fingerprint density at radius 3 is 2.82 bits per heavy atom. The van der Waals surface area contributed by atoms with Crippen molar-refractivity contribution in [2.24, 2.45) is 0 Å². The molecule has 152 valence electrons. The zero-order valence-electron chi connectivity index (χ0n) is 17.1. The Morgan fingerprint density at radius 1 is 1.25 bits per heavy atom. The van der Waals surface area contributed by atoms with E-state index in [1.807, 2.05) is 32.1 Å². The first kappa shape index (κ1) is 20.4. The number of aliphatic hydroxyl groups excluding tert-OH is 1. The summed E-state index contributed by atoms with van der Waals surface area (Å²) in [6.45, 7) is 2.04. The van der Waals surface area contributed by atoms with E-state index in [0.717, 1.165) is 49.6 Å². The zero-order chi connectivity index (χ0) is 20.1. The minimum Gasteiger partial charge on any atom is -0.497 e. The van der Waals surface area contributed by atoms with E-state index in [4.69, 9.17) is 14.7 Å². The average molecular weight is 387 g/mol. The van der Waals surface area contributed by atoms with Crippen LogP contribution in [0.15, 0.2) is 18.3 Å². The number of hydrogen-bond acceptors (Lipinski definition) is 8. The lowest BCUT2D eigenvalue weighted by Crippen LogP contribution is -2.42. The van der Waals surface area contributed by atoms with E-state index in [2.05, 4.69) is 15.2 Å². The summed E-state index contributed by atoms with van der Waals surface area (Å²) >= 11 is 0. The van der Waals surface area contributed by atoms with Crippen LogP contribution in [-0.4, -0.2) is 79.1 Å². The van der Waals surface area contributed by atoms with E-state index < -0.39 is 6.23 Å². The van der Waals surface area contributed by atoms with Gasteiger partial charge in [0.15, 0.2) is 5.82 Å². The van der Waals surface area contributed by atoms with Gasteiger partial charge in [0.2, 0.25) is 0 Å². The van der Waals surface area contributed by atoms with Crippen LogP contribution in [0.25, 0.3) is 11.5 Å². The van der Waals surface area contributed by atoms with Crippen molar-refractivity contribution in [3.8, 4) is 17.3 Å². The van der Waals surface area contributed by atoms with Gasteiger partial charge in [-0.25, -0.2) is 9.97 Å². The summed E-state index contributed by atoms with van der Waals surface area (Å²) in [6, 6.07) is 3.65. The molecule has 0 bridgehead atoms. The maximum Gasteiger partial charge on any atom is 0.180 e. The predicted molar refractivity (Wildman–Crippen MR) is 110 cm³/mol. The van der Waals surface area contributed by atoms with Crippen LogP contribution >= 0.6 is 0 Å². The van der Waals surface area contributed by atoms with E-state index in [9.17, 15) is 5.11 Å². The van der Waals surface area contributed by atoms with Crippen LogP contribution in [-0.2, 0) is 12.8 Å². The number of fused-ring (bicyclic) bond motifs is 1. The summed E-state index contributed by atoms with van der Waals surface area (Å²) in [4.78, 5) is 18.0. The monoisotopic (exact) mass is 386 g/mol. The maximum atomic E-state index is 10.4. The molecule has 0 fully saturated rings. The molecule has 1 aliphatic carbocycles. The van der Waals surface area contributed by atoms with Crippen LogP contribution in [0.5, 0.6) is 5.75 Å². The first-order valence-electron chi connectivity index (χ1n) is 9.65. The highest BCUT2D eigenvalue weighted by atomic mass is 16.5. The molecule has 2 aromatic rings. The molecule has 0 spiro atoms. The number of aliphatic hydroxyl groups is 1. The number of ether oxygens (including phenoxy) is 1. The highest BCUT2D eigenvalue weighted by Crippen LogP contribution is 2.31. The third-order valence-corrected chi connectivity index (χ3v) is 4.85. The van der Waals surface area contributed by atoms with Gasteiger partial charge in [0.05, 0.1) is 13.7 Å². The molecule has 2 aromatic heterocycles. The summed E-state index contributed by atoms with van der Waals surface area (Å²) < 4.78 is 5.30. The highest BCUT2D eigenvalue weighted by Gasteiger charge is 2.23. The third kappa shape index (κ3) is 4.95. The SMILES string of the molecule is COc1ccnc(-c2nc3c(c(N(C)CC(O)NCCN(C)C)n2)CCC3)c1. The number of nitrogens with one attached hydrogen (secondary N) is 1. The number of likely N-dealkylation sites (N-methyl/N-ethyl adjacent to an activating group) is 2. The third-order valence-electron chi connectivity index (χ3n) is 4.85. The molecule has 28 heavy (non-hydrogen) atoms. The number of anilines is 1. The van der Waals surface area contributed by atoms with E-state index in [1.165, 1.54) is 5.56 Å². The number of hydrogen-bond donors (Lipinski definition) is 2. The molecular formula is C20H30N6O2. The molecule has 8 nitrogen and oxygen atoms in total. The lowest BCUT2D eigenvalue weighted by molar-refractivity contribution is 0.141. The van der Waals surface area contributed by atoms with Crippen molar-refractivity contribution >= 4 is 5.82 Å². The first-order valence-corrected chi connectivity index (χ1v) is 9.65. The van der Waals surface area contributed by atoms with Gasteiger partial charge in [0.1, 0.15) is 23.5 Å². The molecule has 0 aliphatic heterocycles. The Bertz CT molecular complexity index is 798. The molecule has 8 heteroatoms. The minimum atomic E-state index is -0.629. The fourth-order valence-electron chi connectivity index (χ4n) is 3.37. The number of nitrogens with zero attached hydrogens (tertiary/aromatic N) is 5. The van der Waals surface area contributed by atoms with Gasteiger partial charge in [-0.3, -0.25) is 10.3 Å². The summed E-state index contributed by atoms with van der Waals surface area (Å²) in [5, 5.41) is 13.5. The van der Waals surface area contributed by atoms with E-state index >= 15 is 0 Å².